The fourth-order valence-electron chi connectivity index (χ4n) is 2.72. The molecule has 26 heavy (non-hydrogen) atoms. The van der Waals surface area contributed by atoms with Crippen LogP contribution in [0.1, 0.15) is 22.6 Å². The van der Waals surface area contributed by atoms with Crippen LogP contribution in [-0.4, -0.2) is 21.1 Å². The first-order chi connectivity index (χ1) is 12.3. The van der Waals surface area contributed by atoms with Crippen LogP contribution < -0.4 is 5.32 Å². The quantitative estimate of drug-likeness (QED) is 0.769. The molecule has 3 aromatic rings. The van der Waals surface area contributed by atoms with Crippen molar-refractivity contribution in [1.29, 1.82) is 5.26 Å². The number of anilines is 1. The van der Waals surface area contributed by atoms with E-state index >= 15 is 0 Å². The van der Waals surface area contributed by atoms with E-state index in [1.165, 1.54) is 0 Å². The summed E-state index contributed by atoms with van der Waals surface area (Å²) in [5.74, 6) is 0.723. The van der Waals surface area contributed by atoms with E-state index in [1.807, 2.05) is 42.8 Å². The van der Waals surface area contributed by atoms with Gasteiger partial charge in [-0.15, -0.1) is 0 Å². The number of alkyl halides is 3. The summed E-state index contributed by atoms with van der Waals surface area (Å²) in [7, 11) is 1.89. The Kier molecular flexibility index (Phi) is 4.55. The first-order valence-electron chi connectivity index (χ1n) is 7.94. The standard InChI is InChI=1S/C18H16F3N5/c1-11-3-5-14-13(9-11)24-16(26(14)2)7-8-23-17-12(10-22)4-6-15(25-17)18(19,20)21/h3-6,9H,7-8H2,1-2H3,(H,23,25). The predicted octanol–water partition coefficient (Wildman–Crippen LogP) is 3.82. The molecule has 2 heterocycles. The van der Waals surface area contributed by atoms with Crippen molar-refractivity contribution in [2.75, 3.05) is 11.9 Å². The number of aryl methyl sites for hydroxylation is 2. The predicted molar refractivity (Wildman–Crippen MR) is 91.6 cm³/mol. The lowest BCUT2D eigenvalue weighted by Crippen LogP contribution is -2.14. The van der Waals surface area contributed by atoms with Crippen molar-refractivity contribution in [2.45, 2.75) is 19.5 Å². The van der Waals surface area contributed by atoms with E-state index in [9.17, 15) is 13.2 Å². The SMILES string of the molecule is Cc1ccc2c(c1)nc(CCNc1nc(C(F)(F)F)ccc1C#N)n2C. The first-order valence-corrected chi connectivity index (χ1v) is 7.94. The Morgan fingerprint density at radius 2 is 1.96 bits per heavy atom. The molecule has 0 saturated heterocycles. The number of benzene rings is 1. The van der Waals surface area contributed by atoms with Gasteiger partial charge in [0.2, 0.25) is 0 Å². The number of fused-ring (bicyclic) bond motifs is 1. The van der Waals surface area contributed by atoms with Crippen LogP contribution in [0.5, 0.6) is 0 Å². The second kappa shape index (κ2) is 6.67. The van der Waals surface area contributed by atoms with Crippen LogP contribution in [0.15, 0.2) is 30.3 Å². The molecule has 2 aromatic heterocycles. The van der Waals surface area contributed by atoms with Crippen molar-refractivity contribution >= 4 is 16.9 Å². The smallest absolute Gasteiger partial charge is 0.369 e. The maximum atomic E-state index is 12.8. The normalized spacial score (nSPS) is 11.5. The molecule has 0 unspecified atom stereocenters. The van der Waals surface area contributed by atoms with E-state index in [1.54, 1.807) is 0 Å². The van der Waals surface area contributed by atoms with Crippen molar-refractivity contribution in [3.63, 3.8) is 0 Å². The fourth-order valence-corrected chi connectivity index (χ4v) is 2.72. The van der Waals surface area contributed by atoms with E-state index < -0.39 is 11.9 Å². The molecule has 0 spiro atoms. The van der Waals surface area contributed by atoms with Gasteiger partial charge in [0.1, 0.15) is 23.4 Å². The molecular weight excluding hydrogens is 343 g/mol. The summed E-state index contributed by atoms with van der Waals surface area (Å²) in [5.41, 5.74) is 2.00. The van der Waals surface area contributed by atoms with Gasteiger partial charge in [0.15, 0.2) is 0 Å². The highest BCUT2D eigenvalue weighted by Gasteiger charge is 2.33. The Morgan fingerprint density at radius 1 is 1.19 bits per heavy atom. The van der Waals surface area contributed by atoms with Crippen molar-refractivity contribution < 1.29 is 13.2 Å². The Balaban J connectivity index is 1.78. The third kappa shape index (κ3) is 3.47. The molecule has 0 aliphatic carbocycles. The minimum Gasteiger partial charge on any atom is -0.369 e. The summed E-state index contributed by atoms with van der Waals surface area (Å²) in [5, 5.41) is 11.9. The molecule has 0 saturated carbocycles. The van der Waals surface area contributed by atoms with Crippen LogP contribution >= 0.6 is 0 Å². The van der Waals surface area contributed by atoms with Crippen LogP contribution in [0.2, 0.25) is 0 Å². The molecule has 0 aliphatic rings. The van der Waals surface area contributed by atoms with Gasteiger partial charge in [-0.1, -0.05) is 6.07 Å². The third-order valence-electron chi connectivity index (χ3n) is 4.08. The van der Waals surface area contributed by atoms with Gasteiger partial charge in [-0.3, -0.25) is 0 Å². The Hall–Kier alpha value is -3.08. The van der Waals surface area contributed by atoms with Crippen molar-refractivity contribution in [2.24, 2.45) is 7.05 Å². The van der Waals surface area contributed by atoms with E-state index in [-0.39, 0.29) is 11.4 Å². The Morgan fingerprint density at radius 3 is 2.65 bits per heavy atom. The van der Waals surface area contributed by atoms with Gasteiger partial charge in [-0.25, -0.2) is 9.97 Å². The van der Waals surface area contributed by atoms with Gasteiger partial charge < -0.3 is 9.88 Å². The highest BCUT2D eigenvalue weighted by atomic mass is 19.4. The topological polar surface area (TPSA) is 66.5 Å². The highest BCUT2D eigenvalue weighted by Crippen LogP contribution is 2.29. The monoisotopic (exact) mass is 359 g/mol. The number of nitriles is 1. The lowest BCUT2D eigenvalue weighted by molar-refractivity contribution is -0.141. The van der Waals surface area contributed by atoms with Gasteiger partial charge in [0.25, 0.3) is 0 Å². The fraction of sp³-hybridized carbons (Fsp3) is 0.278. The summed E-state index contributed by atoms with van der Waals surface area (Å²) in [6.07, 6.45) is -4.08. The number of imidazole rings is 1. The van der Waals surface area contributed by atoms with E-state index in [0.717, 1.165) is 34.6 Å². The molecule has 0 aliphatic heterocycles. The number of halogens is 3. The lowest BCUT2D eigenvalue weighted by Gasteiger charge is -2.11. The number of rotatable bonds is 4. The van der Waals surface area contributed by atoms with E-state index in [0.29, 0.717) is 13.0 Å². The molecule has 0 bridgehead atoms. The number of hydrogen-bond donors (Lipinski definition) is 1. The molecule has 0 radical (unpaired) electrons. The average molecular weight is 359 g/mol. The van der Waals surface area contributed by atoms with Gasteiger partial charge in [-0.2, -0.15) is 18.4 Å². The molecule has 3 rings (SSSR count). The van der Waals surface area contributed by atoms with E-state index in [2.05, 4.69) is 15.3 Å². The van der Waals surface area contributed by atoms with Gasteiger partial charge in [-0.05, 0) is 36.8 Å². The van der Waals surface area contributed by atoms with Crippen LogP contribution in [0.4, 0.5) is 19.0 Å². The molecular formula is C18H16F3N5. The summed E-state index contributed by atoms with van der Waals surface area (Å²) >= 11 is 0. The number of pyridine rings is 1. The number of hydrogen-bond acceptors (Lipinski definition) is 4. The minimum atomic E-state index is -4.56. The molecule has 0 fully saturated rings. The average Bonchev–Trinajstić information content (AvgIpc) is 2.89. The Labute approximate surface area is 148 Å². The molecule has 1 aromatic carbocycles. The molecule has 1 N–H and O–H groups in total. The zero-order chi connectivity index (χ0) is 18.9. The zero-order valence-electron chi connectivity index (χ0n) is 14.2. The molecule has 0 amide bonds. The number of nitrogens with zero attached hydrogens (tertiary/aromatic N) is 4. The van der Waals surface area contributed by atoms with Crippen LogP contribution in [0.3, 0.4) is 0 Å². The van der Waals surface area contributed by atoms with Gasteiger partial charge in [0, 0.05) is 20.0 Å². The summed E-state index contributed by atoms with van der Waals surface area (Å²) in [4.78, 5) is 8.10. The van der Waals surface area contributed by atoms with Crippen LogP contribution in [0, 0.1) is 18.3 Å². The minimum absolute atomic E-state index is 0.0682. The first kappa shape index (κ1) is 17.7. The second-order valence-electron chi connectivity index (χ2n) is 5.96. The molecule has 8 heteroatoms. The zero-order valence-corrected chi connectivity index (χ0v) is 14.2. The summed E-state index contributed by atoms with van der Waals surface area (Å²) in [6.45, 7) is 2.29. The Bertz CT molecular complexity index is 998. The number of nitrogens with one attached hydrogen (secondary N) is 1. The van der Waals surface area contributed by atoms with Crippen molar-refractivity contribution in [1.82, 2.24) is 14.5 Å². The van der Waals surface area contributed by atoms with Crippen LogP contribution in [0.25, 0.3) is 11.0 Å². The largest absolute Gasteiger partial charge is 0.433 e. The molecule has 134 valence electrons. The van der Waals surface area contributed by atoms with Crippen molar-refractivity contribution in [3.05, 3.63) is 53.0 Å². The van der Waals surface area contributed by atoms with Gasteiger partial charge >= 0.3 is 6.18 Å². The lowest BCUT2D eigenvalue weighted by atomic mass is 10.2. The third-order valence-corrected chi connectivity index (χ3v) is 4.08. The summed E-state index contributed by atoms with van der Waals surface area (Å²) < 4.78 is 40.4. The molecule has 5 nitrogen and oxygen atoms in total. The highest BCUT2D eigenvalue weighted by molar-refractivity contribution is 5.76. The van der Waals surface area contributed by atoms with Crippen molar-refractivity contribution in [3.8, 4) is 6.07 Å². The van der Waals surface area contributed by atoms with Crippen LogP contribution in [-0.2, 0) is 19.6 Å². The molecule has 0 atom stereocenters. The maximum absolute atomic E-state index is 12.8. The van der Waals surface area contributed by atoms with E-state index in [4.69, 9.17) is 5.26 Å². The second-order valence-corrected chi connectivity index (χ2v) is 5.96. The number of aromatic nitrogens is 3. The van der Waals surface area contributed by atoms with Gasteiger partial charge in [0.05, 0.1) is 16.6 Å². The summed E-state index contributed by atoms with van der Waals surface area (Å²) in [6, 6.07) is 9.73. The maximum Gasteiger partial charge on any atom is 0.433 e.